The van der Waals surface area contributed by atoms with Crippen molar-refractivity contribution in [2.45, 2.75) is 57.0 Å². The normalized spacial score (nSPS) is 15.0. The average molecular weight is 375 g/mol. The maximum absolute atomic E-state index is 14.3. The van der Waals surface area contributed by atoms with E-state index in [2.05, 4.69) is 4.98 Å². The Labute approximate surface area is 157 Å². The Hall–Kier alpha value is -2.50. The summed E-state index contributed by atoms with van der Waals surface area (Å²) >= 11 is 0. The molecule has 1 aromatic carbocycles. The lowest BCUT2D eigenvalue weighted by Crippen LogP contribution is -2.14. The van der Waals surface area contributed by atoms with Crippen LogP contribution in [-0.2, 0) is 10.7 Å². The molecule has 1 aliphatic rings. The number of ether oxygens (including phenoxy) is 1. The van der Waals surface area contributed by atoms with Crippen molar-refractivity contribution < 1.29 is 23.4 Å². The van der Waals surface area contributed by atoms with Crippen molar-refractivity contribution in [3.8, 4) is 17.0 Å². The number of carboxylic acids is 1. The highest BCUT2D eigenvalue weighted by atomic mass is 19.3. The van der Waals surface area contributed by atoms with E-state index in [9.17, 15) is 13.6 Å². The van der Waals surface area contributed by atoms with E-state index in [0.717, 1.165) is 36.8 Å². The molecule has 144 valence electrons. The number of rotatable bonds is 8. The first-order valence-corrected chi connectivity index (χ1v) is 9.28. The third-order valence-electron chi connectivity index (χ3n) is 4.85. The molecule has 27 heavy (non-hydrogen) atoms. The first kappa shape index (κ1) is 19.3. The van der Waals surface area contributed by atoms with Crippen molar-refractivity contribution in [3.63, 3.8) is 0 Å². The topological polar surface area (TPSA) is 59.4 Å². The molecule has 0 atom stereocenters. The van der Waals surface area contributed by atoms with Gasteiger partial charge in [-0.2, -0.15) is 0 Å². The van der Waals surface area contributed by atoms with E-state index < -0.39 is 18.3 Å². The van der Waals surface area contributed by atoms with E-state index >= 15 is 0 Å². The van der Waals surface area contributed by atoms with Crippen molar-refractivity contribution in [1.82, 2.24) is 4.98 Å². The Bertz CT molecular complexity index is 771. The summed E-state index contributed by atoms with van der Waals surface area (Å²) in [6.45, 7) is 0. The van der Waals surface area contributed by atoms with E-state index in [4.69, 9.17) is 9.84 Å². The molecule has 1 heterocycles. The van der Waals surface area contributed by atoms with Crippen molar-refractivity contribution >= 4 is 5.97 Å². The summed E-state index contributed by atoms with van der Waals surface area (Å²) < 4.78 is 34.5. The second kappa shape index (κ2) is 8.46. The number of aromatic nitrogens is 1. The van der Waals surface area contributed by atoms with Crippen LogP contribution in [0.5, 0.6) is 5.88 Å². The molecule has 4 nitrogen and oxygen atoms in total. The molecular weight excluding hydrogens is 352 g/mol. The van der Waals surface area contributed by atoms with Crippen LogP contribution in [0.3, 0.4) is 0 Å². The Morgan fingerprint density at radius 1 is 1.19 bits per heavy atom. The molecule has 1 saturated carbocycles. The van der Waals surface area contributed by atoms with Crippen LogP contribution in [0.4, 0.5) is 8.78 Å². The second-order valence-electron chi connectivity index (χ2n) is 6.91. The monoisotopic (exact) mass is 375 g/mol. The van der Waals surface area contributed by atoms with Crippen LogP contribution in [0.15, 0.2) is 42.6 Å². The molecule has 0 saturated heterocycles. The number of benzene rings is 1. The SMILES string of the molecule is O=C(O)CCCC(F)(F)c1ccc(-c2cccnc2OC2CCCC2)cc1. The van der Waals surface area contributed by atoms with Gasteiger partial charge in [0.2, 0.25) is 5.88 Å². The molecule has 1 N–H and O–H groups in total. The van der Waals surface area contributed by atoms with Crippen LogP contribution in [-0.4, -0.2) is 22.2 Å². The van der Waals surface area contributed by atoms with Crippen molar-refractivity contribution in [2.24, 2.45) is 0 Å². The van der Waals surface area contributed by atoms with Gasteiger partial charge in [0, 0.05) is 30.2 Å². The molecule has 6 heteroatoms. The summed E-state index contributed by atoms with van der Waals surface area (Å²) in [4.78, 5) is 14.8. The van der Waals surface area contributed by atoms with Gasteiger partial charge in [-0.25, -0.2) is 13.8 Å². The minimum Gasteiger partial charge on any atom is -0.481 e. The van der Waals surface area contributed by atoms with Crippen molar-refractivity contribution in [2.75, 3.05) is 0 Å². The number of pyridine rings is 1. The molecule has 0 amide bonds. The summed E-state index contributed by atoms with van der Waals surface area (Å²) in [5.74, 6) is -3.58. The molecular formula is C21H23F2NO3. The predicted molar refractivity (Wildman–Crippen MR) is 97.9 cm³/mol. The lowest BCUT2D eigenvalue weighted by Gasteiger charge is -2.18. The summed E-state index contributed by atoms with van der Waals surface area (Å²) in [6.07, 6.45) is 5.35. The number of halogens is 2. The Morgan fingerprint density at radius 3 is 2.56 bits per heavy atom. The van der Waals surface area contributed by atoms with Crippen molar-refractivity contribution in [1.29, 1.82) is 0 Å². The van der Waals surface area contributed by atoms with Gasteiger partial charge in [-0.3, -0.25) is 4.79 Å². The Balaban J connectivity index is 1.74. The average Bonchev–Trinajstić information content (AvgIpc) is 3.15. The van der Waals surface area contributed by atoms with Crippen molar-refractivity contribution in [3.05, 3.63) is 48.2 Å². The molecule has 1 aliphatic carbocycles. The van der Waals surface area contributed by atoms with Gasteiger partial charge in [0.05, 0.1) is 0 Å². The Morgan fingerprint density at radius 2 is 1.89 bits per heavy atom. The van der Waals surface area contributed by atoms with Crippen LogP contribution in [0.1, 0.15) is 50.5 Å². The van der Waals surface area contributed by atoms with Gasteiger partial charge >= 0.3 is 5.97 Å². The molecule has 0 unspecified atom stereocenters. The summed E-state index contributed by atoms with van der Waals surface area (Å²) in [6, 6.07) is 9.73. The van der Waals surface area contributed by atoms with Crippen LogP contribution in [0.25, 0.3) is 11.1 Å². The van der Waals surface area contributed by atoms with Gasteiger partial charge in [0.25, 0.3) is 5.92 Å². The smallest absolute Gasteiger partial charge is 0.303 e. The quantitative estimate of drug-likeness (QED) is 0.670. The zero-order chi connectivity index (χ0) is 19.3. The van der Waals surface area contributed by atoms with Gasteiger partial charge in [-0.15, -0.1) is 0 Å². The van der Waals surface area contributed by atoms with Crippen LogP contribution < -0.4 is 4.74 Å². The molecule has 1 aromatic heterocycles. The fourth-order valence-electron chi connectivity index (χ4n) is 3.37. The van der Waals surface area contributed by atoms with Gasteiger partial charge in [-0.05, 0) is 49.8 Å². The third-order valence-corrected chi connectivity index (χ3v) is 4.85. The van der Waals surface area contributed by atoms with E-state index in [1.807, 2.05) is 6.07 Å². The Kier molecular flexibility index (Phi) is 6.04. The largest absolute Gasteiger partial charge is 0.481 e. The maximum atomic E-state index is 14.3. The highest BCUT2D eigenvalue weighted by Gasteiger charge is 2.31. The van der Waals surface area contributed by atoms with E-state index in [1.54, 1.807) is 24.4 Å². The molecule has 2 aromatic rings. The highest BCUT2D eigenvalue weighted by molar-refractivity contribution is 5.68. The predicted octanol–water partition coefficient (Wildman–Crippen LogP) is 5.42. The first-order valence-electron chi connectivity index (χ1n) is 9.28. The summed E-state index contributed by atoms with van der Waals surface area (Å²) in [5, 5.41) is 8.61. The molecule has 0 radical (unpaired) electrons. The number of carboxylic acid groups (broad SMARTS) is 1. The van der Waals surface area contributed by atoms with Gasteiger partial charge in [0.1, 0.15) is 6.10 Å². The van der Waals surface area contributed by atoms with E-state index in [1.165, 1.54) is 12.1 Å². The first-order chi connectivity index (χ1) is 13.0. The lowest BCUT2D eigenvalue weighted by molar-refractivity contribution is -0.137. The number of nitrogens with zero attached hydrogens (tertiary/aromatic N) is 1. The van der Waals surface area contributed by atoms with E-state index in [0.29, 0.717) is 5.88 Å². The number of hydrogen-bond donors (Lipinski definition) is 1. The summed E-state index contributed by atoms with van der Waals surface area (Å²) in [5.41, 5.74) is 1.44. The van der Waals surface area contributed by atoms with Crippen LogP contribution >= 0.6 is 0 Å². The standard InChI is InChI=1S/C21H23F2NO3/c22-21(23,13-3-8-19(25)26)16-11-9-15(10-12-16)18-7-4-14-24-20(18)27-17-5-1-2-6-17/h4,7,9-12,14,17H,1-3,5-6,8,13H2,(H,25,26). The molecule has 0 bridgehead atoms. The maximum Gasteiger partial charge on any atom is 0.303 e. The summed E-state index contributed by atoms with van der Waals surface area (Å²) in [7, 11) is 0. The lowest BCUT2D eigenvalue weighted by atomic mass is 9.99. The van der Waals surface area contributed by atoms with Crippen LogP contribution in [0, 0.1) is 0 Å². The number of hydrogen-bond acceptors (Lipinski definition) is 3. The number of alkyl halides is 2. The minimum absolute atomic E-state index is 0.0634. The zero-order valence-corrected chi connectivity index (χ0v) is 15.0. The van der Waals surface area contributed by atoms with Gasteiger partial charge in [-0.1, -0.05) is 24.3 Å². The number of carbonyl (C=O) groups is 1. The molecule has 3 rings (SSSR count). The molecule has 1 fully saturated rings. The number of aliphatic carboxylic acids is 1. The minimum atomic E-state index is -3.05. The fourth-order valence-corrected chi connectivity index (χ4v) is 3.37. The van der Waals surface area contributed by atoms with Crippen LogP contribution in [0.2, 0.25) is 0 Å². The second-order valence-corrected chi connectivity index (χ2v) is 6.91. The zero-order valence-electron chi connectivity index (χ0n) is 15.0. The third kappa shape index (κ3) is 5.02. The van der Waals surface area contributed by atoms with Gasteiger partial charge in [0.15, 0.2) is 0 Å². The highest BCUT2D eigenvalue weighted by Crippen LogP contribution is 2.36. The molecule has 0 aliphatic heterocycles. The van der Waals surface area contributed by atoms with Gasteiger partial charge < -0.3 is 9.84 Å². The van der Waals surface area contributed by atoms with E-state index in [-0.39, 0.29) is 24.5 Å². The molecule has 0 spiro atoms. The fraction of sp³-hybridized carbons (Fsp3) is 0.429.